The average molecular weight is 160 g/mol. The van der Waals surface area contributed by atoms with Gasteiger partial charge in [-0.1, -0.05) is 6.92 Å². The third-order valence-electron chi connectivity index (χ3n) is 1.60. The van der Waals surface area contributed by atoms with Gasteiger partial charge in [0, 0.05) is 0 Å². The molecule has 0 saturated carbocycles. The van der Waals surface area contributed by atoms with E-state index in [-0.39, 0.29) is 6.10 Å². The van der Waals surface area contributed by atoms with Crippen LogP contribution in [0.1, 0.15) is 26.2 Å². The molecule has 0 aliphatic carbocycles. The van der Waals surface area contributed by atoms with Gasteiger partial charge in [0.2, 0.25) is 0 Å². The summed E-state index contributed by atoms with van der Waals surface area (Å²) >= 11 is 0. The first-order valence-corrected chi connectivity index (χ1v) is 4.40. The van der Waals surface area contributed by atoms with Crippen LogP contribution in [0.2, 0.25) is 0 Å². The molecular formula is C8H20N2O. The normalized spacial score (nSPS) is 18.8. The van der Waals surface area contributed by atoms with Crippen LogP contribution in [0.3, 0.4) is 0 Å². The van der Waals surface area contributed by atoms with E-state index in [4.69, 9.17) is 10.8 Å². The van der Waals surface area contributed by atoms with Gasteiger partial charge in [0.15, 0.2) is 0 Å². The maximum Gasteiger partial charge on any atom is 0.0564 e. The third-order valence-corrected chi connectivity index (χ3v) is 1.60. The Morgan fingerprint density at radius 2 is 1.91 bits per heavy atom. The van der Waals surface area contributed by atoms with Crippen molar-refractivity contribution in [1.82, 2.24) is 5.32 Å². The summed E-state index contributed by atoms with van der Waals surface area (Å²) in [5.41, 5.74) is 5.03. The molecule has 0 spiro atoms. The summed E-state index contributed by atoms with van der Waals surface area (Å²) < 4.78 is 0. The van der Waals surface area contributed by atoms with Crippen LogP contribution in [-0.2, 0) is 0 Å². The zero-order valence-electron chi connectivity index (χ0n) is 7.34. The highest BCUT2D eigenvalue weighted by Crippen LogP contribution is 1.99. The highest BCUT2D eigenvalue weighted by Gasteiger charge is 2.06. The van der Waals surface area contributed by atoms with Crippen molar-refractivity contribution in [2.45, 2.75) is 32.3 Å². The molecule has 1 aliphatic rings. The topological polar surface area (TPSA) is 58.3 Å². The maximum atomic E-state index is 8.87. The monoisotopic (exact) mass is 160 g/mol. The summed E-state index contributed by atoms with van der Waals surface area (Å²) in [4.78, 5) is 0. The molecule has 0 aromatic heterocycles. The molecule has 0 radical (unpaired) electrons. The lowest BCUT2D eigenvalue weighted by Gasteiger charge is -2.16. The minimum Gasteiger partial charge on any atom is -0.393 e. The van der Waals surface area contributed by atoms with Gasteiger partial charge in [0.25, 0.3) is 0 Å². The number of aliphatic hydroxyl groups excluding tert-OH is 1. The first kappa shape index (κ1) is 10.9. The molecule has 1 fully saturated rings. The van der Waals surface area contributed by atoms with E-state index in [0.29, 0.717) is 0 Å². The van der Waals surface area contributed by atoms with Crippen LogP contribution in [0.25, 0.3) is 0 Å². The lowest BCUT2D eigenvalue weighted by atomic mass is 10.1. The molecule has 68 valence electrons. The van der Waals surface area contributed by atoms with E-state index in [9.17, 15) is 0 Å². The number of nitrogens with one attached hydrogen (secondary N) is 1. The van der Waals surface area contributed by atoms with Gasteiger partial charge >= 0.3 is 0 Å². The molecule has 0 aromatic carbocycles. The van der Waals surface area contributed by atoms with Gasteiger partial charge in [-0.3, -0.25) is 0 Å². The molecule has 11 heavy (non-hydrogen) atoms. The first-order valence-electron chi connectivity index (χ1n) is 4.40. The molecule has 1 aliphatic heterocycles. The summed E-state index contributed by atoms with van der Waals surface area (Å²) in [6, 6.07) is 0. The fourth-order valence-corrected chi connectivity index (χ4v) is 0.807. The van der Waals surface area contributed by atoms with E-state index in [1.54, 1.807) is 0 Å². The summed E-state index contributed by atoms with van der Waals surface area (Å²) in [6.07, 6.45) is 2.93. The minimum atomic E-state index is -0.0266. The Morgan fingerprint density at radius 3 is 2.09 bits per heavy atom. The summed E-state index contributed by atoms with van der Waals surface area (Å²) in [6.45, 7) is 4.85. The fraction of sp³-hybridized carbons (Fsp3) is 1.00. The van der Waals surface area contributed by atoms with E-state index < -0.39 is 0 Å². The second-order valence-electron chi connectivity index (χ2n) is 2.77. The van der Waals surface area contributed by atoms with Crippen LogP contribution in [0.5, 0.6) is 0 Å². The molecule has 3 nitrogen and oxygen atoms in total. The Balaban J connectivity index is 0.000000218. The molecule has 0 unspecified atom stereocenters. The van der Waals surface area contributed by atoms with Crippen molar-refractivity contribution in [2.75, 3.05) is 19.6 Å². The van der Waals surface area contributed by atoms with E-state index in [0.717, 1.165) is 38.9 Å². The molecule has 1 rings (SSSR count). The first-order chi connectivity index (χ1) is 5.31. The lowest BCUT2D eigenvalue weighted by Crippen LogP contribution is -2.30. The van der Waals surface area contributed by atoms with Crippen molar-refractivity contribution < 1.29 is 5.11 Å². The Bertz CT molecular complexity index is 70.5. The van der Waals surface area contributed by atoms with E-state index >= 15 is 0 Å². The highest BCUT2D eigenvalue weighted by molar-refractivity contribution is 4.65. The van der Waals surface area contributed by atoms with Crippen LogP contribution >= 0.6 is 0 Å². The van der Waals surface area contributed by atoms with Crippen LogP contribution in [-0.4, -0.2) is 30.8 Å². The van der Waals surface area contributed by atoms with Crippen LogP contribution in [0.15, 0.2) is 0 Å². The molecule has 0 bridgehead atoms. The number of hydrogen-bond donors (Lipinski definition) is 3. The minimum absolute atomic E-state index is 0.0266. The lowest BCUT2D eigenvalue weighted by molar-refractivity contribution is 0.137. The van der Waals surface area contributed by atoms with Gasteiger partial charge in [-0.05, 0) is 38.9 Å². The fourth-order valence-electron chi connectivity index (χ4n) is 0.807. The van der Waals surface area contributed by atoms with E-state index in [1.807, 2.05) is 0 Å². The smallest absolute Gasteiger partial charge is 0.0564 e. The van der Waals surface area contributed by atoms with Crippen molar-refractivity contribution in [3.63, 3.8) is 0 Å². The largest absolute Gasteiger partial charge is 0.393 e. The summed E-state index contributed by atoms with van der Waals surface area (Å²) in [7, 11) is 0. The van der Waals surface area contributed by atoms with E-state index in [1.165, 1.54) is 0 Å². The number of aliphatic hydroxyl groups is 1. The summed E-state index contributed by atoms with van der Waals surface area (Å²) in [5, 5.41) is 12.0. The van der Waals surface area contributed by atoms with Crippen molar-refractivity contribution in [3.8, 4) is 0 Å². The standard InChI is InChI=1S/C5H11NO.C3H9N/c7-5-1-3-6-4-2-5;1-2-3-4/h5-7H,1-4H2;2-4H2,1H3. The second kappa shape index (κ2) is 7.98. The molecule has 4 N–H and O–H groups in total. The van der Waals surface area contributed by atoms with Crippen molar-refractivity contribution >= 4 is 0 Å². The highest BCUT2D eigenvalue weighted by atomic mass is 16.3. The van der Waals surface area contributed by atoms with Crippen LogP contribution < -0.4 is 11.1 Å². The Labute approximate surface area is 69.0 Å². The predicted octanol–water partition coefficient (Wildman–Crippen LogP) is 0.0858. The molecule has 0 aromatic rings. The SMILES string of the molecule is CCCN.OC1CCNCC1. The quantitative estimate of drug-likeness (QED) is 0.509. The number of nitrogens with two attached hydrogens (primary N) is 1. The number of rotatable bonds is 1. The molecular weight excluding hydrogens is 140 g/mol. The molecule has 0 amide bonds. The predicted molar refractivity (Wildman–Crippen MR) is 47.5 cm³/mol. The van der Waals surface area contributed by atoms with Gasteiger partial charge < -0.3 is 16.2 Å². The molecule has 3 heteroatoms. The maximum absolute atomic E-state index is 8.87. The van der Waals surface area contributed by atoms with Gasteiger partial charge in [0.05, 0.1) is 6.10 Å². The summed E-state index contributed by atoms with van der Waals surface area (Å²) in [5.74, 6) is 0. The van der Waals surface area contributed by atoms with E-state index in [2.05, 4.69) is 12.2 Å². The zero-order valence-corrected chi connectivity index (χ0v) is 7.34. The second-order valence-corrected chi connectivity index (χ2v) is 2.77. The Morgan fingerprint density at radius 1 is 1.45 bits per heavy atom. The average Bonchev–Trinajstić information content (AvgIpc) is 2.07. The number of piperidine rings is 1. The zero-order chi connectivity index (χ0) is 8.53. The number of hydrogen-bond acceptors (Lipinski definition) is 3. The van der Waals surface area contributed by atoms with Crippen LogP contribution in [0, 0.1) is 0 Å². The van der Waals surface area contributed by atoms with Gasteiger partial charge in [-0.2, -0.15) is 0 Å². The van der Waals surface area contributed by atoms with Gasteiger partial charge in [0.1, 0.15) is 0 Å². The molecule has 0 atom stereocenters. The Kier molecular flexibility index (Phi) is 7.89. The van der Waals surface area contributed by atoms with Crippen LogP contribution in [0.4, 0.5) is 0 Å². The Hall–Kier alpha value is -0.120. The molecule has 1 saturated heterocycles. The molecule has 1 heterocycles. The van der Waals surface area contributed by atoms with Gasteiger partial charge in [-0.25, -0.2) is 0 Å². The third kappa shape index (κ3) is 7.78. The van der Waals surface area contributed by atoms with Crippen molar-refractivity contribution in [2.24, 2.45) is 5.73 Å². The van der Waals surface area contributed by atoms with Gasteiger partial charge in [-0.15, -0.1) is 0 Å². The van der Waals surface area contributed by atoms with Crippen molar-refractivity contribution in [1.29, 1.82) is 0 Å². The van der Waals surface area contributed by atoms with Crippen molar-refractivity contribution in [3.05, 3.63) is 0 Å².